The van der Waals surface area contributed by atoms with Crippen molar-refractivity contribution in [2.75, 3.05) is 6.54 Å². The lowest BCUT2D eigenvalue weighted by atomic mass is 10.1. The maximum Gasteiger partial charge on any atom is 0.0662 e. The van der Waals surface area contributed by atoms with E-state index in [2.05, 4.69) is 19.1 Å². The van der Waals surface area contributed by atoms with Crippen LogP contribution in [-0.4, -0.2) is 17.8 Å². The molecule has 2 heteroatoms. The van der Waals surface area contributed by atoms with Crippen molar-refractivity contribution in [2.24, 2.45) is 5.73 Å². The molecule has 0 aliphatic carbocycles. The van der Waals surface area contributed by atoms with E-state index < -0.39 is 0 Å². The van der Waals surface area contributed by atoms with Gasteiger partial charge in [0.25, 0.3) is 0 Å². The van der Waals surface area contributed by atoms with E-state index in [4.69, 9.17) is 5.73 Å². The summed E-state index contributed by atoms with van der Waals surface area (Å²) in [5, 5.41) is 9.35. The third-order valence-corrected chi connectivity index (χ3v) is 4.57. The molecular formula is C21H43NO. The largest absolute Gasteiger partial charge is 0.392 e. The molecule has 0 fully saturated rings. The second kappa shape index (κ2) is 19.7. The van der Waals surface area contributed by atoms with Crippen LogP contribution < -0.4 is 5.73 Å². The molecule has 0 saturated carbocycles. The van der Waals surface area contributed by atoms with Gasteiger partial charge in [-0.2, -0.15) is 0 Å². The summed E-state index contributed by atoms with van der Waals surface area (Å²) in [6, 6.07) is 0. The van der Waals surface area contributed by atoms with E-state index in [0.29, 0.717) is 6.54 Å². The molecule has 0 bridgehead atoms. The molecule has 3 N–H and O–H groups in total. The van der Waals surface area contributed by atoms with Gasteiger partial charge in [-0.05, 0) is 32.1 Å². The molecule has 0 amide bonds. The van der Waals surface area contributed by atoms with Crippen LogP contribution >= 0.6 is 0 Å². The van der Waals surface area contributed by atoms with Gasteiger partial charge in [0.2, 0.25) is 0 Å². The zero-order chi connectivity index (χ0) is 17.0. The fourth-order valence-electron chi connectivity index (χ4n) is 2.92. The summed E-state index contributed by atoms with van der Waals surface area (Å²) < 4.78 is 0. The highest BCUT2D eigenvalue weighted by Crippen LogP contribution is 2.11. The number of hydrogen-bond donors (Lipinski definition) is 2. The minimum Gasteiger partial charge on any atom is -0.392 e. The van der Waals surface area contributed by atoms with Crippen LogP contribution in [0.25, 0.3) is 0 Å². The molecule has 0 aliphatic rings. The average molecular weight is 326 g/mol. The van der Waals surface area contributed by atoms with Crippen LogP contribution in [0.15, 0.2) is 12.2 Å². The fraction of sp³-hybridized carbons (Fsp3) is 0.905. The van der Waals surface area contributed by atoms with Crippen molar-refractivity contribution in [3.63, 3.8) is 0 Å². The van der Waals surface area contributed by atoms with Crippen LogP contribution in [0.4, 0.5) is 0 Å². The number of allylic oxidation sites excluding steroid dienone is 2. The minimum absolute atomic E-state index is 0.286. The van der Waals surface area contributed by atoms with Crippen molar-refractivity contribution < 1.29 is 5.11 Å². The highest BCUT2D eigenvalue weighted by atomic mass is 16.3. The smallest absolute Gasteiger partial charge is 0.0662 e. The van der Waals surface area contributed by atoms with Crippen LogP contribution in [0.5, 0.6) is 0 Å². The van der Waals surface area contributed by atoms with Crippen LogP contribution in [0.2, 0.25) is 0 Å². The maximum atomic E-state index is 9.35. The third kappa shape index (κ3) is 19.6. The normalized spacial score (nSPS) is 13.0. The molecule has 2 nitrogen and oxygen atoms in total. The number of rotatable bonds is 18. The predicted octanol–water partition coefficient (Wildman–Crippen LogP) is 6.12. The van der Waals surface area contributed by atoms with Gasteiger partial charge in [0, 0.05) is 6.54 Å². The van der Waals surface area contributed by atoms with Crippen LogP contribution in [0, 0.1) is 0 Å². The Labute approximate surface area is 145 Å². The first-order valence-electron chi connectivity index (χ1n) is 10.3. The first-order valence-corrected chi connectivity index (χ1v) is 10.3. The van der Waals surface area contributed by atoms with Crippen molar-refractivity contribution >= 4 is 0 Å². The van der Waals surface area contributed by atoms with E-state index >= 15 is 0 Å². The molecule has 0 radical (unpaired) electrons. The number of unbranched alkanes of at least 4 members (excludes halogenated alkanes) is 13. The molecular weight excluding hydrogens is 282 g/mol. The van der Waals surface area contributed by atoms with Gasteiger partial charge in [0.05, 0.1) is 6.10 Å². The summed E-state index contributed by atoms with van der Waals surface area (Å²) in [5.41, 5.74) is 5.38. The number of nitrogens with two attached hydrogens (primary N) is 1. The minimum atomic E-state index is -0.286. The van der Waals surface area contributed by atoms with Gasteiger partial charge in [-0.1, -0.05) is 89.7 Å². The zero-order valence-electron chi connectivity index (χ0n) is 15.8. The SMILES string of the molecule is CCCCCCCCCCCC=CCCCCCCC(O)CN. The quantitative estimate of drug-likeness (QED) is 0.235. The Morgan fingerprint density at radius 1 is 0.696 bits per heavy atom. The van der Waals surface area contributed by atoms with E-state index in [0.717, 1.165) is 12.8 Å². The Morgan fingerprint density at radius 3 is 1.61 bits per heavy atom. The van der Waals surface area contributed by atoms with Gasteiger partial charge in [0.1, 0.15) is 0 Å². The topological polar surface area (TPSA) is 46.2 Å². The average Bonchev–Trinajstić information content (AvgIpc) is 2.57. The van der Waals surface area contributed by atoms with Crippen LogP contribution in [-0.2, 0) is 0 Å². The molecule has 0 rings (SSSR count). The summed E-state index contributed by atoms with van der Waals surface area (Å²) in [6.45, 7) is 2.68. The van der Waals surface area contributed by atoms with E-state index in [1.807, 2.05) is 0 Å². The summed E-state index contributed by atoms with van der Waals surface area (Å²) in [7, 11) is 0. The molecule has 0 heterocycles. The van der Waals surface area contributed by atoms with Crippen molar-refractivity contribution in [3.05, 3.63) is 12.2 Å². The molecule has 138 valence electrons. The summed E-state index contributed by atoms with van der Waals surface area (Å²) in [5.74, 6) is 0. The second-order valence-corrected chi connectivity index (χ2v) is 6.97. The van der Waals surface area contributed by atoms with Gasteiger partial charge in [-0.25, -0.2) is 0 Å². The molecule has 1 unspecified atom stereocenters. The van der Waals surface area contributed by atoms with E-state index in [9.17, 15) is 5.11 Å². The molecule has 0 spiro atoms. The van der Waals surface area contributed by atoms with Crippen LogP contribution in [0.1, 0.15) is 110 Å². The number of aliphatic hydroxyl groups is 1. The first kappa shape index (κ1) is 22.7. The van der Waals surface area contributed by atoms with Gasteiger partial charge >= 0.3 is 0 Å². The Kier molecular flexibility index (Phi) is 19.4. The predicted molar refractivity (Wildman–Crippen MR) is 104 cm³/mol. The molecule has 23 heavy (non-hydrogen) atoms. The monoisotopic (exact) mass is 325 g/mol. The Bertz CT molecular complexity index is 240. The van der Waals surface area contributed by atoms with E-state index in [1.54, 1.807) is 0 Å². The summed E-state index contributed by atoms with van der Waals surface area (Å²) in [6.07, 6.45) is 25.4. The lowest BCUT2D eigenvalue weighted by molar-refractivity contribution is 0.168. The van der Waals surface area contributed by atoms with Gasteiger partial charge < -0.3 is 10.8 Å². The highest BCUT2D eigenvalue weighted by molar-refractivity contribution is 4.81. The third-order valence-electron chi connectivity index (χ3n) is 4.57. The zero-order valence-corrected chi connectivity index (χ0v) is 15.8. The molecule has 0 aromatic carbocycles. The fourth-order valence-corrected chi connectivity index (χ4v) is 2.92. The van der Waals surface area contributed by atoms with Crippen LogP contribution in [0.3, 0.4) is 0 Å². The van der Waals surface area contributed by atoms with E-state index in [1.165, 1.54) is 89.9 Å². The van der Waals surface area contributed by atoms with Crippen molar-refractivity contribution in [1.82, 2.24) is 0 Å². The van der Waals surface area contributed by atoms with Crippen molar-refractivity contribution in [3.8, 4) is 0 Å². The molecule has 0 aliphatic heterocycles. The van der Waals surface area contributed by atoms with Gasteiger partial charge in [-0.15, -0.1) is 0 Å². The molecule has 0 aromatic rings. The Hall–Kier alpha value is -0.340. The van der Waals surface area contributed by atoms with Gasteiger partial charge in [0.15, 0.2) is 0 Å². The number of aliphatic hydroxyl groups excluding tert-OH is 1. The standard InChI is InChI=1S/C21H43NO/c1-2-3-4-5-6-7-8-9-10-11-12-13-14-15-16-17-18-19-21(23)20-22/h12-13,21,23H,2-11,14-20,22H2,1H3. The Balaban J connectivity index is 3.09. The summed E-state index contributed by atoms with van der Waals surface area (Å²) in [4.78, 5) is 0. The van der Waals surface area contributed by atoms with Gasteiger partial charge in [-0.3, -0.25) is 0 Å². The lowest BCUT2D eigenvalue weighted by Crippen LogP contribution is -2.19. The maximum absolute atomic E-state index is 9.35. The Morgan fingerprint density at radius 2 is 1.13 bits per heavy atom. The van der Waals surface area contributed by atoms with E-state index in [-0.39, 0.29) is 6.10 Å². The highest BCUT2D eigenvalue weighted by Gasteiger charge is 1.99. The second-order valence-electron chi connectivity index (χ2n) is 6.97. The molecule has 1 atom stereocenters. The lowest BCUT2D eigenvalue weighted by Gasteiger charge is -2.06. The summed E-state index contributed by atoms with van der Waals surface area (Å²) >= 11 is 0. The molecule has 0 saturated heterocycles. The van der Waals surface area contributed by atoms with Crippen molar-refractivity contribution in [2.45, 2.75) is 116 Å². The number of hydrogen-bond acceptors (Lipinski definition) is 2. The van der Waals surface area contributed by atoms with Crippen molar-refractivity contribution in [1.29, 1.82) is 0 Å². The first-order chi connectivity index (χ1) is 11.3. The molecule has 0 aromatic heterocycles.